The molecule has 2 aliphatic rings. The molecule has 0 spiro atoms. The number of furan rings is 1. The lowest BCUT2D eigenvalue weighted by Gasteiger charge is -2.30. The van der Waals surface area contributed by atoms with Gasteiger partial charge in [-0.1, -0.05) is 25.3 Å². The Morgan fingerprint density at radius 1 is 1.06 bits per heavy atom. The first-order chi connectivity index (χ1) is 16.3. The highest BCUT2D eigenvalue weighted by Crippen LogP contribution is 2.33. The summed E-state index contributed by atoms with van der Waals surface area (Å²) in [6, 6.07) is 10.3. The van der Waals surface area contributed by atoms with E-state index in [1.165, 1.54) is 4.31 Å². The van der Waals surface area contributed by atoms with E-state index in [2.05, 4.69) is 5.32 Å². The second-order valence-corrected chi connectivity index (χ2v) is 10.9. The molecule has 2 heterocycles. The van der Waals surface area contributed by atoms with Gasteiger partial charge in [-0.2, -0.15) is 4.31 Å². The minimum atomic E-state index is -3.64. The molecule has 1 aromatic heterocycles. The van der Waals surface area contributed by atoms with Gasteiger partial charge < -0.3 is 19.2 Å². The molecule has 8 nitrogen and oxygen atoms in total. The first kappa shape index (κ1) is 22.7. The minimum Gasteiger partial charge on any atom is -0.454 e. The fraction of sp³-hybridized carbons (Fsp3) is 0.400. The Hall–Kier alpha value is -3.04. The van der Waals surface area contributed by atoms with Gasteiger partial charge in [0.1, 0.15) is 5.58 Å². The van der Waals surface area contributed by atoms with E-state index in [0.717, 1.165) is 37.7 Å². The molecule has 2 aromatic carbocycles. The number of hydrogen-bond donors (Lipinski definition) is 1. The van der Waals surface area contributed by atoms with Crippen molar-refractivity contribution < 1.29 is 27.1 Å². The maximum atomic E-state index is 13.3. The molecule has 0 saturated heterocycles. The van der Waals surface area contributed by atoms with Crippen molar-refractivity contribution in [2.75, 3.05) is 13.8 Å². The van der Waals surface area contributed by atoms with Gasteiger partial charge in [-0.25, -0.2) is 8.42 Å². The van der Waals surface area contributed by atoms with Gasteiger partial charge in [0.05, 0.1) is 4.90 Å². The van der Waals surface area contributed by atoms with Crippen LogP contribution in [0.4, 0.5) is 0 Å². The highest BCUT2D eigenvalue weighted by atomic mass is 32.2. The first-order valence-electron chi connectivity index (χ1n) is 11.5. The fourth-order valence-corrected chi connectivity index (χ4v) is 6.14. The molecule has 0 unspecified atom stereocenters. The monoisotopic (exact) mass is 484 g/mol. The number of aryl methyl sites for hydroxylation is 1. The van der Waals surface area contributed by atoms with Crippen LogP contribution in [-0.4, -0.2) is 38.5 Å². The summed E-state index contributed by atoms with van der Waals surface area (Å²) in [4.78, 5) is 13.1. The van der Waals surface area contributed by atoms with Crippen LogP contribution in [0.3, 0.4) is 0 Å². The summed E-state index contributed by atoms with van der Waals surface area (Å²) in [5.74, 6) is 1.14. The lowest BCUT2D eigenvalue weighted by Crippen LogP contribution is -2.38. The van der Waals surface area contributed by atoms with Crippen molar-refractivity contribution in [2.24, 2.45) is 0 Å². The Morgan fingerprint density at radius 3 is 2.62 bits per heavy atom. The quantitative estimate of drug-likeness (QED) is 0.559. The van der Waals surface area contributed by atoms with Crippen molar-refractivity contribution >= 4 is 26.9 Å². The van der Waals surface area contributed by atoms with Crippen molar-refractivity contribution in [1.29, 1.82) is 0 Å². The third-order valence-electron chi connectivity index (χ3n) is 6.77. The first-order valence-corrected chi connectivity index (χ1v) is 13.0. The van der Waals surface area contributed by atoms with Crippen LogP contribution in [0.25, 0.3) is 11.0 Å². The SMILES string of the molecule is Cc1c(C(=O)NCc2ccc3c(c2)OCO3)oc2ccc(S(=O)(=O)N(C)C3CCCCC3)cc12. The smallest absolute Gasteiger partial charge is 0.287 e. The summed E-state index contributed by atoms with van der Waals surface area (Å²) in [6.45, 7) is 2.25. The number of sulfonamides is 1. The lowest BCUT2D eigenvalue weighted by atomic mass is 9.96. The third-order valence-corrected chi connectivity index (χ3v) is 8.68. The third kappa shape index (κ3) is 4.14. The van der Waals surface area contributed by atoms with Gasteiger partial charge in [0.15, 0.2) is 17.3 Å². The predicted octanol–water partition coefficient (Wildman–Crippen LogP) is 4.35. The number of nitrogens with one attached hydrogen (secondary N) is 1. The van der Waals surface area contributed by atoms with Gasteiger partial charge in [-0.15, -0.1) is 0 Å². The number of benzene rings is 2. The number of rotatable bonds is 6. The maximum Gasteiger partial charge on any atom is 0.287 e. The standard InChI is InChI=1S/C25H28N2O6S/c1-16-20-13-19(34(29,30)27(2)18-6-4-3-5-7-18)9-11-21(20)33-24(16)25(28)26-14-17-8-10-22-23(12-17)32-15-31-22/h8-13,18H,3-7,14-15H2,1-2H3,(H,26,28). The van der Waals surface area contributed by atoms with E-state index in [0.29, 0.717) is 28.0 Å². The molecule has 5 rings (SSSR count). The van der Waals surface area contributed by atoms with Crippen LogP contribution in [-0.2, 0) is 16.6 Å². The van der Waals surface area contributed by atoms with Crippen molar-refractivity contribution in [2.45, 2.75) is 56.5 Å². The molecule has 1 fully saturated rings. The molecule has 9 heteroatoms. The molecule has 1 amide bonds. The van der Waals surface area contributed by atoms with E-state index in [9.17, 15) is 13.2 Å². The maximum absolute atomic E-state index is 13.3. The molecule has 1 aliphatic carbocycles. The topological polar surface area (TPSA) is 98.1 Å². The fourth-order valence-electron chi connectivity index (χ4n) is 4.70. The number of amides is 1. The van der Waals surface area contributed by atoms with E-state index in [1.54, 1.807) is 32.2 Å². The van der Waals surface area contributed by atoms with Gasteiger partial charge in [0.2, 0.25) is 16.8 Å². The summed E-state index contributed by atoms with van der Waals surface area (Å²) in [7, 11) is -1.98. The largest absolute Gasteiger partial charge is 0.454 e. The summed E-state index contributed by atoms with van der Waals surface area (Å²) in [6.07, 6.45) is 5.03. The second-order valence-electron chi connectivity index (χ2n) is 8.90. The number of hydrogen-bond acceptors (Lipinski definition) is 6. The van der Waals surface area contributed by atoms with Crippen molar-refractivity contribution in [3.05, 3.63) is 53.3 Å². The van der Waals surface area contributed by atoms with E-state index >= 15 is 0 Å². The molecule has 3 aromatic rings. The van der Waals surface area contributed by atoms with Crippen molar-refractivity contribution in [3.8, 4) is 11.5 Å². The Kier molecular flexibility index (Phi) is 5.99. The molecule has 1 saturated carbocycles. The predicted molar refractivity (Wildman–Crippen MR) is 127 cm³/mol. The number of ether oxygens (including phenoxy) is 2. The minimum absolute atomic E-state index is 0.0254. The van der Waals surface area contributed by atoms with E-state index < -0.39 is 10.0 Å². The van der Waals surface area contributed by atoms with Gasteiger partial charge in [-0.05, 0) is 55.7 Å². The molecule has 1 aliphatic heterocycles. The van der Waals surface area contributed by atoms with Crippen LogP contribution in [0.1, 0.15) is 53.8 Å². The van der Waals surface area contributed by atoms with E-state index in [1.807, 2.05) is 18.2 Å². The van der Waals surface area contributed by atoms with Gasteiger partial charge in [0.25, 0.3) is 5.91 Å². The van der Waals surface area contributed by atoms with Crippen LogP contribution in [0.5, 0.6) is 11.5 Å². The van der Waals surface area contributed by atoms with Crippen LogP contribution >= 0.6 is 0 Å². The molecule has 0 bridgehead atoms. The Balaban J connectivity index is 1.35. The van der Waals surface area contributed by atoms with E-state index in [4.69, 9.17) is 13.9 Å². The molecule has 1 N–H and O–H groups in total. The van der Waals surface area contributed by atoms with Gasteiger partial charge >= 0.3 is 0 Å². The molecule has 0 atom stereocenters. The van der Waals surface area contributed by atoms with Crippen LogP contribution < -0.4 is 14.8 Å². The van der Waals surface area contributed by atoms with Crippen LogP contribution in [0, 0.1) is 6.92 Å². The normalized spacial score (nSPS) is 16.3. The molecular formula is C25H28N2O6S. The average Bonchev–Trinajstić information content (AvgIpc) is 3.46. The Bertz CT molecular complexity index is 1340. The average molecular weight is 485 g/mol. The highest BCUT2D eigenvalue weighted by Gasteiger charge is 2.30. The zero-order valence-electron chi connectivity index (χ0n) is 19.3. The number of nitrogens with zero attached hydrogens (tertiary/aromatic N) is 1. The van der Waals surface area contributed by atoms with Crippen LogP contribution in [0.2, 0.25) is 0 Å². The van der Waals surface area contributed by atoms with Crippen molar-refractivity contribution in [3.63, 3.8) is 0 Å². The molecule has 34 heavy (non-hydrogen) atoms. The summed E-state index contributed by atoms with van der Waals surface area (Å²) < 4.78 is 44.5. The van der Waals surface area contributed by atoms with Gasteiger partial charge in [0, 0.05) is 30.6 Å². The zero-order chi connectivity index (χ0) is 23.9. The zero-order valence-corrected chi connectivity index (χ0v) is 20.1. The van der Waals surface area contributed by atoms with Crippen molar-refractivity contribution in [1.82, 2.24) is 9.62 Å². The van der Waals surface area contributed by atoms with Gasteiger partial charge in [-0.3, -0.25) is 4.79 Å². The number of carbonyl (C=O) groups is 1. The summed E-state index contributed by atoms with van der Waals surface area (Å²) in [5, 5.41) is 3.48. The molecule has 180 valence electrons. The van der Waals surface area contributed by atoms with Crippen LogP contribution in [0.15, 0.2) is 45.7 Å². The number of fused-ring (bicyclic) bond motifs is 2. The lowest BCUT2D eigenvalue weighted by molar-refractivity contribution is 0.0924. The summed E-state index contributed by atoms with van der Waals surface area (Å²) >= 11 is 0. The Labute approximate surface area is 198 Å². The highest BCUT2D eigenvalue weighted by molar-refractivity contribution is 7.89. The molecular weight excluding hydrogens is 456 g/mol. The second kappa shape index (κ2) is 8.96. The number of carbonyl (C=O) groups excluding carboxylic acids is 1. The molecule has 0 radical (unpaired) electrons. The van der Waals surface area contributed by atoms with E-state index in [-0.39, 0.29) is 35.9 Å². The summed E-state index contributed by atoms with van der Waals surface area (Å²) in [5.41, 5.74) is 1.95. The Morgan fingerprint density at radius 2 is 1.82 bits per heavy atom.